The van der Waals surface area contributed by atoms with Crippen LogP contribution in [-0.2, 0) is 0 Å². The number of esters is 1. The minimum Gasteiger partial charge on any atom is -0.456 e. The van der Waals surface area contributed by atoms with Gasteiger partial charge in [0.1, 0.15) is 17.1 Å². The smallest absolute Gasteiger partial charge is 0.343 e. The summed E-state index contributed by atoms with van der Waals surface area (Å²) < 4.78 is 11.7. The van der Waals surface area contributed by atoms with E-state index >= 15 is 0 Å². The summed E-state index contributed by atoms with van der Waals surface area (Å²) in [5, 5.41) is 2.00. The number of imide groups is 1. The van der Waals surface area contributed by atoms with Gasteiger partial charge in [-0.05, 0) is 78.9 Å². The highest BCUT2D eigenvalue weighted by Gasteiger charge is 2.36. The molecule has 0 bridgehead atoms. The second-order valence-electron chi connectivity index (χ2n) is 10.0. The van der Waals surface area contributed by atoms with Crippen molar-refractivity contribution in [2.45, 2.75) is 0 Å². The lowest BCUT2D eigenvalue weighted by Crippen LogP contribution is -2.29. The number of carbonyl (C=O) groups is 3. The van der Waals surface area contributed by atoms with Crippen LogP contribution in [0.4, 0.5) is 11.4 Å². The molecule has 7 rings (SSSR count). The second-order valence-corrected chi connectivity index (χ2v) is 10.5. The summed E-state index contributed by atoms with van der Waals surface area (Å²) in [5.41, 5.74) is 3.55. The highest BCUT2D eigenvalue weighted by Crippen LogP contribution is 2.29. The molecule has 0 fully saturated rings. The van der Waals surface area contributed by atoms with Crippen molar-refractivity contribution in [3.63, 3.8) is 0 Å². The van der Waals surface area contributed by atoms with Crippen LogP contribution in [0, 0.1) is 0 Å². The van der Waals surface area contributed by atoms with E-state index in [2.05, 4.69) is 0 Å². The number of hydrogen-bond acceptors (Lipinski definition) is 6. The average molecular weight is 597 g/mol. The quantitative estimate of drug-likeness (QED) is 0.114. The predicted octanol–water partition coefficient (Wildman–Crippen LogP) is 8.01. The Balaban J connectivity index is 1.11. The van der Waals surface area contributed by atoms with Gasteiger partial charge in [0, 0.05) is 22.0 Å². The number of rotatable bonds is 5. The number of halogens is 1. The van der Waals surface area contributed by atoms with Crippen LogP contribution in [0.15, 0.2) is 137 Å². The van der Waals surface area contributed by atoms with E-state index in [1.807, 2.05) is 48.5 Å². The fourth-order valence-electron chi connectivity index (χ4n) is 5.04. The minimum atomic E-state index is -0.582. The molecule has 0 radical (unpaired) electrons. The molecule has 5 aromatic carbocycles. The van der Waals surface area contributed by atoms with Gasteiger partial charge in [0.25, 0.3) is 11.8 Å². The SMILES string of the molecule is O=C(Oc1ccc(N=c2cc(-c3ccccc3)oc3ccc(Cl)cc23)cc1)c1ccc(N2C(=O)c3ccccc3C2=O)cc1. The van der Waals surface area contributed by atoms with Crippen LogP contribution in [0.1, 0.15) is 31.1 Å². The van der Waals surface area contributed by atoms with Gasteiger partial charge in [0.15, 0.2) is 0 Å². The van der Waals surface area contributed by atoms with Crippen molar-refractivity contribution in [2.75, 3.05) is 4.90 Å². The van der Waals surface area contributed by atoms with Crippen molar-refractivity contribution < 1.29 is 23.5 Å². The van der Waals surface area contributed by atoms with Gasteiger partial charge in [-0.3, -0.25) is 9.59 Å². The molecule has 2 amide bonds. The van der Waals surface area contributed by atoms with Crippen molar-refractivity contribution in [1.29, 1.82) is 0 Å². The Morgan fingerprint density at radius 3 is 2.07 bits per heavy atom. The molecule has 0 N–H and O–H groups in total. The topological polar surface area (TPSA) is 89.2 Å². The molecular formula is C36H21ClN2O5. The van der Waals surface area contributed by atoms with Crippen LogP contribution in [0.5, 0.6) is 5.75 Å². The van der Waals surface area contributed by atoms with Crippen molar-refractivity contribution in [3.05, 3.63) is 154 Å². The second kappa shape index (κ2) is 11.1. The summed E-state index contributed by atoms with van der Waals surface area (Å²) in [4.78, 5) is 44.3. The lowest BCUT2D eigenvalue weighted by atomic mass is 10.1. The van der Waals surface area contributed by atoms with Crippen LogP contribution in [-0.4, -0.2) is 17.8 Å². The molecule has 7 nitrogen and oxygen atoms in total. The Morgan fingerprint density at radius 1 is 0.727 bits per heavy atom. The molecule has 0 spiro atoms. The number of hydrogen-bond donors (Lipinski definition) is 0. The molecule has 1 aromatic heterocycles. The van der Waals surface area contributed by atoms with Gasteiger partial charge >= 0.3 is 5.97 Å². The third-order valence-corrected chi connectivity index (χ3v) is 7.45. The van der Waals surface area contributed by atoms with Gasteiger partial charge in [0.2, 0.25) is 0 Å². The maximum absolute atomic E-state index is 12.9. The van der Waals surface area contributed by atoms with Gasteiger partial charge < -0.3 is 9.15 Å². The molecule has 1 aliphatic heterocycles. The van der Waals surface area contributed by atoms with Gasteiger partial charge in [-0.2, -0.15) is 0 Å². The number of anilines is 1. The summed E-state index contributed by atoms with van der Waals surface area (Å²) in [6.45, 7) is 0. The molecule has 44 heavy (non-hydrogen) atoms. The Bertz CT molecular complexity index is 2120. The lowest BCUT2D eigenvalue weighted by Gasteiger charge is -2.14. The third kappa shape index (κ3) is 5.06. The van der Waals surface area contributed by atoms with Gasteiger partial charge in [-0.15, -0.1) is 0 Å². The van der Waals surface area contributed by atoms with Crippen LogP contribution < -0.4 is 15.0 Å². The summed E-state index contributed by atoms with van der Waals surface area (Å²) in [6, 6.07) is 36.6. The van der Waals surface area contributed by atoms with Gasteiger partial charge in [0.05, 0.1) is 33.4 Å². The fraction of sp³-hybridized carbons (Fsp3) is 0. The molecule has 0 saturated carbocycles. The largest absolute Gasteiger partial charge is 0.456 e. The van der Waals surface area contributed by atoms with Crippen LogP contribution in [0.25, 0.3) is 22.3 Å². The van der Waals surface area contributed by atoms with E-state index < -0.39 is 17.8 Å². The molecule has 2 heterocycles. The molecule has 0 unspecified atom stereocenters. The van der Waals surface area contributed by atoms with Crippen LogP contribution in [0.3, 0.4) is 0 Å². The van der Waals surface area contributed by atoms with Crippen molar-refractivity contribution >= 4 is 51.7 Å². The zero-order valence-corrected chi connectivity index (χ0v) is 23.7. The molecule has 0 saturated heterocycles. The highest BCUT2D eigenvalue weighted by atomic mass is 35.5. The van der Waals surface area contributed by atoms with E-state index in [1.165, 1.54) is 12.1 Å². The summed E-state index contributed by atoms with van der Waals surface area (Å²) in [6.07, 6.45) is 0. The third-order valence-electron chi connectivity index (χ3n) is 7.22. The Hall–Kier alpha value is -5.79. The van der Waals surface area contributed by atoms with Gasteiger partial charge in [-0.25, -0.2) is 14.7 Å². The fourth-order valence-corrected chi connectivity index (χ4v) is 5.21. The van der Waals surface area contributed by atoms with E-state index in [-0.39, 0.29) is 5.56 Å². The normalized spacial score (nSPS) is 12.9. The Labute approximate surface area is 256 Å². The van der Waals surface area contributed by atoms with Crippen molar-refractivity contribution in [2.24, 2.45) is 4.99 Å². The highest BCUT2D eigenvalue weighted by molar-refractivity contribution is 6.34. The molecule has 8 heteroatoms. The minimum absolute atomic E-state index is 0.268. The first-order chi connectivity index (χ1) is 21.4. The number of fused-ring (bicyclic) bond motifs is 2. The van der Waals surface area contributed by atoms with Crippen molar-refractivity contribution in [1.82, 2.24) is 0 Å². The monoisotopic (exact) mass is 596 g/mol. The molecule has 1 aliphatic rings. The molecular weight excluding hydrogens is 576 g/mol. The first kappa shape index (κ1) is 27.1. The predicted molar refractivity (Wildman–Crippen MR) is 167 cm³/mol. The maximum atomic E-state index is 12.9. The van der Waals surface area contributed by atoms with Crippen molar-refractivity contribution in [3.8, 4) is 17.1 Å². The summed E-state index contributed by atoms with van der Waals surface area (Å²) in [5.74, 6) is -0.383. The Kier molecular flexibility index (Phi) is 6.85. The number of carbonyl (C=O) groups excluding carboxylic acids is 3. The van der Waals surface area contributed by atoms with Crippen LogP contribution in [0.2, 0.25) is 5.02 Å². The molecule has 212 valence electrons. The first-order valence-electron chi connectivity index (χ1n) is 13.7. The zero-order valence-electron chi connectivity index (χ0n) is 22.9. The summed E-state index contributed by atoms with van der Waals surface area (Å²) >= 11 is 6.28. The maximum Gasteiger partial charge on any atom is 0.343 e. The Morgan fingerprint density at radius 2 is 1.39 bits per heavy atom. The number of benzene rings is 5. The molecule has 0 aliphatic carbocycles. The molecule has 6 aromatic rings. The standard InChI is InChI=1S/C36H21ClN2O5/c37-24-12-19-32-30(20-24)31(21-33(44-32)22-6-2-1-3-7-22)38-25-13-17-27(18-14-25)43-36(42)23-10-15-26(16-11-23)39-34(40)28-8-4-5-9-29(28)35(39)41/h1-21H. The summed E-state index contributed by atoms with van der Waals surface area (Å²) in [7, 11) is 0. The van der Waals surface area contributed by atoms with E-state index in [0.717, 1.165) is 15.8 Å². The zero-order chi connectivity index (χ0) is 30.2. The average Bonchev–Trinajstić information content (AvgIpc) is 3.31. The van der Waals surface area contributed by atoms with Crippen LogP contribution >= 0.6 is 11.6 Å². The first-order valence-corrected chi connectivity index (χ1v) is 14.1. The van der Waals surface area contributed by atoms with Gasteiger partial charge in [-0.1, -0.05) is 54.1 Å². The lowest BCUT2D eigenvalue weighted by molar-refractivity contribution is 0.0734. The number of ether oxygens (including phenoxy) is 1. The number of nitrogens with zero attached hydrogens (tertiary/aromatic N) is 2. The van der Waals surface area contributed by atoms with E-state index in [0.29, 0.717) is 50.0 Å². The van der Waals surface area contributed by atoms with E-state index in [9.17, 15) is 14.4 Å². The van der Waals surface area contributed by atoms with E-state index in [1.54, 1.807) is 66.7 Å². The van der Waals surface area contributed by atoms with E-state index in [4.69, 9.17) is 25.7 Å². The number of amides is 2. The molecule has 0 atom stereocenters.